The normalized spacial score (nSPS) is 13.8. The molecule has 0 bridgehead atoms. The van der Waals surface area contributed by atoms with E-state index in [4.69, 9.17) is 14.7 Å². The van der Waals surface area contributed by atoms with Crippen LogP contribution in [0.1, 0.15) is 32.3 Å². The summed E-state index contributed by atoms with van der Waals surface area (Å²) in [5, 5.41) is 12.1. The van der Waals surface area contributed by atoms with E-state index in [1.54, 1.807) is 0 Å². The van der Waals surface area contributed by atoms with Crippen molar-refractivity contribution in [2.45, 2.75) is 33.2 Å². The van der Waals surface area contributed by atoms with Crippen molar-refractivity contribution in [3.63, 3.8) is 0 Å². The van der Waals surface area contributed by atoms with Gasteiger partial charge in [0.15, 0.2) is 11.5 Å². The summed E-state index contributed by atoms with van der Waals surface area (Å²) in [6.07, 6.45) is 1.52. The zero-order valence-electron chi connectivity index (χ0n) is 12.2. The molecular formula is C16H22N2O2. The summed E-state index contributed by atoms with van der Waals surface area (Å²) in [5.74, 6) is 1.66. The summed E-state index contributed by atoms with van der Waals surface area (Å²) >= 11 is 0. The van der Waals surface area contributed by atoms with Gasteiger partial charge in [-0.25, -0.2) is 0 Å². The van der Waals surface area contributed by atoms with Crippen LogP contribution >= 0.6 is 0 Å². The Morgan fingerprint density at radius 2 is 2.00 bits per heavy atom. The molecule has 0 saturated carbocycles. The summed E-state index contributed by atoms with van der Waals surface area (Å²) < 4.78 is 11.1. The molecule has 1 aliphatic heterocycles. The minimum Gasteiger partial charge on any atom is -0.486 e. The topological polar surface area (TPSA) is 54.3 Å². The van der Waals surface area contributed by atoms with Gasteiger partial charge in [0, 0.05) is 19.5 Å². The second kappa shape index (κ2) is 6.62. The molecule has 1 aliphatic rings. The fourth-order valence-electron chi connectivity index (χ4n) is 2.23. The van der Waals surface area contributed by atoms with Crippen LogP contribution in [0.15, 0.2) is 18.2 Å². The molecule has 0 saturated heterocycles. The smallest absolute Gasteiger partial charge is 0.161 e. The van der Waals surface area contributed by atoms with Gasteiger partial charge < -0.3 is 14.8 Å². The molecule has 0 aromatic heterocycles. The second-order valence-electron chi connectivity index (χ2n) is 5.90. The molecule has 0 spiro atoms. The van der Waals surface area contributed by atoms with Gasteiger partial charge >= 0.3 is 0 Å². The van der Waals surface area contributed by atoms with Crippen LogP contribution in [0.25, 0.3) is 0 Å². The summed E-state index contributed by atoms with van der Waals surface area (Å²) in [6.45, 7) is 7.29. The van der Waals surface area contributed by atoms with Crippen LogP contribution in [-0.4, -0.2) is 19.8 Å². The van der Waals surface area contributed by atoms with Gasteiger partial charge in [-0.15, -0.1) is 0 Å². The maximum Gasteiger partial charge on any atom is 0.161 e. The van der Waals surface area contributed by atoms with Gasteiger partial charge in [-0.1, -0.05) is 19.9 Å². The molecule has 4 nitrogen and oxygen atoms in total. The van der Waals surface area contributed by atoms with Crippen LogP contribution < -0.4 is 14.8 Å². The number of nitriles is 1. The van der Waals surface area contributed by atoms with Crippen molar-refractivity contribution in [1.82, 2.24) is 5.32 Å². The summed E-state index contributed by atoms with van der Waals surface area (Å²) in [6, 6.07) is 8.26. The predicted octanol–water partition coefficient (Wildman–Crippen LogP) is 2.88. The number of hydrogen-bond donors (Lipinski definition) is 1. The maximum absolute atomic E-state index is 8.65. The largest absolute Gasteiger partial charge is 0.486 e. The lowest BCUT2D eigenvalue weighted by Crippen LogP contribution is -2.29. The molecule has 0 aliphatic carbocycles. The molecule has 0 radical (unpaired) electrons. The fourth-order valence-corrected chi connectivity index (χ4v) is 2.23. The van der Waals surface area contributed by atoms with Crippen LogP contribution in [0.3, 0.4) is 0 Å². The first kappa shape index (κ1) is 14.7. The minimum atomic E-state index is 0.142. The predicted molar refractivity (Wildman–Crippen MR) is 77.8 cm³/mol. The van der Waals surface area contributed by atoms with E-state index in [2.05, 4.69) is 31.3 Å². The van der Waals surface area contributed by atoms with Crippen LogP contribution in [0, 0.1) is 16.7 Å². The van der Waals surface area contributed by atoms with Gasteiger partial charge in [0.25, 0.3) is 0 Å². The van der Waals surface area contributed by atoms with E-state index in [0.717, 1.165) is 31.0 Å². The Hall–Kier alpha value is -1.73. The summed E-state index contributed by atoms with van der Waals surface area (Å²) in [5.41, 5.74) is 1.33. The highest BCUT2D eigenvalue weighted by Gasteiger charge is 2.17. The standard InChI is InChI=1S/C16H22N2O2/c1-16(2,6-3-7-17)12-18-11-13-4-5-14-15(10-13)20-9-8-19-14/h4-5,10,18H,3,6,8-9,11-12H2,1-2H3. The molecule has 0 amide bonds. The zero-order chi connectivity index (χ0) is 14.4. The first-order valence-corrected chi connectivity index (χ1v) is 7.07. The lowest BCUT2D eigenvalue weighted by atomic mass is 9.88. The quantitative estimate of drug-likeness (QED) is 0.866. The van der Waals surface area contributed by atoms with Crippen LogP contribution in [-0.2, 0) is 6.54 Å². The number of hydrogen-bond acceptors (Lipinski definition) is 4. The van der Waals surface area contributed by atoms with E-state index in [-0.39, 0.29) is 5.41 Å². The molecule has 20 heavy (non-hydrogen) atoms. The zero-order valence-corrected chi connectivity index (χ0v) is 12.2. The molecule has 108 valence electrons. The van der Waals surface area contributed by atoms with E-state index in [1.165, 1.54) is 5.56 Å². The molecular weight excluding hydrogens is 252 g/mol. The summed E-state index contributed by atoms with van der Waals surface area (Å²) in [4.78, 5) is 0. The number of fused-ring (bicyclic) bond motifs is 1. The van der Waals surface area contributed by atoms with Crippen LogP contribution in [0.4, 0.5) is 0 Å². The second-order valence-corrected chi connectivity index (χ2v) is 5.90. The Bertz CT molecular complexity index is 492. The molecule has 4 heteroatoms. The van der Waals surface area contributed by atoms with E-state index in [1.807, 2.05) is 12.1 Å². The van der Waals surface area contributed by atoms with E-state index in [9.17, 15) is 0 Å². The molecule has 1 N–H and O–H groups in total. The molecule has 2 rings (SSSR count). The minimum absolute atomic E-state index is 0.142. The average molecular weight is 274 g/mol. The van der Waals surface area contributed by atoms with Crippen molar-refractivity contribution in [1.29, 1.82) is 5.26 Å². The van der Waals surface area contributed by atoms with Gasteiger partial charge in [0.05, 0.1) is 6.07 Å². The van der Waals surface area contributed by atoms with Gasteiger partial charge in [0.2, 0.25) is 0 Å². The van der Waals surface area contributed by atoms with Crippen molar-refractivity contribution in [3.8, 4) is 17.6 Å². The Balaban J connectivity index is 1.84. The molecule has 0 fully saturated rings. The Morgan fingerprint density at radius 3 is 2.75 bits per heavy atom. The Morgan fingerprint density at radius 1 is 1.25 bits per heavy atom. The molecule has 0 unspecified atom stereocenters. The first-order chi connectivity index (χ1) is 9.61. The van der Waals surface area contributed by atoms with Crippen LogP contribution in [0.5, 0.6) is 11.5 Å². The fraction of sp³-hybridized carbons (Fsp3) is 0.562. The van der Waals surface area contributed by atoms with E-state index in [0.29, 0.717) is 19.6 Å². The SMILES string of the molecule is CC(C)(CCC#N)CNCc1ccc2c(c1)OCCO2. The highest BCUT2D eigenvalue weighted by molar-refractivity contribution is 5.43. The van der Waals surface area contributed by atoms with E-state index >= 15 is 0 Å². The van der Waals surface area contributed by atoms with Crippen molar-refractivity contribution in [2.24, 2.45) is 5.41 Å². The average Bonchev–Trinajstić information content (AvgIpc) is 2.45. The summed E-state index contributed by atoms with van der Waals surface area (Å²) in [7, 11) is 0. The number of nitrogens with one attached hydrogen (secondary N) is 1. The number of benzene rings is 1. The van der Waals surface area contributed by atoms with Crippen molar-refractivity contribution < 1.29 is 9.47 Å². The molecule has 1 heterocycles. The third kappa shape index (κ3) is 4.14. The van der Waals surface area contributed by atoms with Crippen molar-refractivity contribution >= 4 is 0 Å². The number of ether oxygens (including phenoxy) is 2. The number of rotatable bonds is 6. The lowest BCUT2D eigenvalue weighted by molar-refractivity contribution is 0.171. The van der Waals surface area contributed by atoms with E-state index < -0.39 is 0 Å². The highest BCUT2D eigenvalue weighted by Crippen LogP contribution is 2.30. The molecule has 1 aromatic carbocycles. The monoisotopic (exact) mass is 274 g/mol. The van der Waals surface area contributed by atoms with Gasteiger partial charge in [-0.2, -0.15) is 5.26 Å². The van der Waals surface area contributed by atoms with Gasteiger partial charge in [-0.3, -0.25) is 0 Å². The van der Waals surface area contributed by atoms with Crippen LogP contribution in [0.2, 0.25) is 0 Å². The first-order valence-electron chi connectivity index (χ1n) is 7.07. The molecule has 1 aromatic rings. The number of nitrogens with zero attached hydrogens (tertiary/aromatic N) is 1. The third-order valence-electron chi connectivity index (χ3n) is 3.45. The van der Waals surface area contributed by atoms with Gasteiger partial charge in [0.1, 0.15) is 13.2 Å². The molecule has 0 atom stereocenters. The maximum atomic E-state index is 8.65. The van der Waals surface area contributed by atoms with Crippen molar-refractivity contribution in [3.05, 3.63) is 23.8 Å². The third-order valence-corrected chi connectivity index (χ3v) is 3.45. The van der Waals surface area contributed by atoms with Crippen molar-refractivity contribution in [2.75, 3.05) is 19.8 Å². The highest BCUT2D eigenvalue weighted by atomic mass is 16.6. The lowest BCUT2D eigenvalue weighted by Gasteiger charge is -2.24. The van der Waals surface area contributed by atoms with Gasteiger partial charge in [-0.05, 0) is 29.5 Å². The Labute approximate surface area is 120 Å². The Kier molecular flexibility index (Phi) is 4.86.